The van der Waals surface area contributed by atoms with Crippen molar-refractivity contribution in [3.05, 3.63) is 29.8 Å². The molecule has 0 aliphatic carbocycles. The minimum atomic E-state index is -0.0365. The van der Waals surface area contributed by atoms with E-state index in [-0.39, 0.29) is 12.0 Å². The predicted molar refractivity (Wildman–Crippen MR) is 73.3 cm³/mol. The molecule has 1 amide bonds. The van der Waals surface area contributed by atoms with Crippen LogP contribution in [0.5, 0.6) is 5.75 Å². The van der Waals surface area contributed by atoms with Crippen molar-refractivity contribution in [3.8, 4) is 5.75 Å². The normalized spacial score (nSPS) is 19.3. The summed E-state index contributed by atoms with van der Waals surface area (Å²) < 4.78 is 11.3. The zero-order valence-electron chi connectivity index (χ0n) is 11.6. The van der Waals surface area contributed by atoms with Crippen molar-refractivity contribution in [3.63, 3.8) is 0 Å². The lowest BCUT2D eigenvalue weighted by Gasteiger charge is -2.32. The largest absolute Gasteiger partial charge is 0.491 e. The van der Waals surface area contributed by atoms with E-state index in [4.69, 9.17) is 9.47 Å². The number of benzene rings is 1. The summed E-state index contributed by atoms with van der Waals surface area (Å²) in [6.45, 7) is 6.31. The van der Waals surface area contributed by atoms with Crippen LogP contribution in [0.25, 0.3) is 0 Å². The third-order valence-electron chi connectivity index (χ3n) is 3.25. The van der Waals surface area contributed by atoms with Crippen LogP contribution in [0, 0.1) is 6.92 Å². The highest BCUT2D eigenvalue weighted by Gasteiger charge is 2.23. The van der Waals surface area contributed by atoms with Gasteiger partial charge in [0.05, 0.1) is 13.2 Å². The molecule has 0 unspecified atom stereocenters. The summed E-state index contributed by atoms with van der Waals surface area (Å²) >= 11 is 0. The molecular weight excluding hydrogens is 242 g/mol. The molecule has 1 heterocycles. The third kappa shape index (κ3) is 3.96. The molecule has 1 saturated heterocycles. The summed E-state index contributed by atoms with van der Waals surface area (Å²) in [5.41, 5.74) is 1.21. The molecule has 2 rings (SSSR count). The van der Waals surface area contributed by atoms with E-state index < -0.39 is 0 Å². The van der Waals surface area contributed by atoms with Crippen molar-refractivity contribution in [2.45, 2.75) is 26.4 Å². The minimum absolute atomic E-state index is 0.0365. The molecule has 1 aliphatic heterocycles. The lowest BCUT2D eigenvalue weighted by Crippen LogP contribution is -2.47. The summed E-state index contributed by atoms with van der Waals surface area (Å²) in [6, 6.07) is 7.94. The topological polar surface area (TPSA) is 38.8 Å². The van der Waals surface area contributed by atoms with E-state index in [2.05, 4.69) is 0 Å². The van der Waals surface area contributed by atoms with Crippen molar-refractivity contribution in [2.75, 3.05) is 26.3 Å². The fourth-order valence-corrected chi connectivity index (χ4v) is 2.09. The van der Waals surface area contributed by atoms with Gasteiger partial charge in [-0.2, -0.15) is 0 Å². The van der Waals surface area contributed by atoms with Gasteiger partial charge in [-0.1, -0.05) is 24.6 Å². The summed E-state index contributed by atoms with van der Waals surface area (Å²) in [5.74, 6) is 1.02. The van der Waals surface area contributed by atoms with Crippen molar-refractivity contribution in [2.24, 2.45) is 0 Å². The molecule has 1 atom stereocenters. The van der Waals surface area contributed by atoms with Gasteiger partial charge >= 0.3 is 0 Å². The Labute approximate surface area is 114 Å². The smallest absolute Gasteiger partial charge is 0.222 e. The summed E-state index contributed by atoms with van der Waals surface area (Å²) in [4.78, 5) is 13.5. The maximum Gasteiger partial charge on any atom is 0.222 e. The first-order valence-electron chi connectivity index (χ1n) is 6.78. The van der Waals surface area contributed by atoms with Crippen LogP contribution < -0.4 is 4.74 Å². The second-order valence-electron chi connectivity index (χ2n) is 4.81. The molecule has 19 heavy (non-hydrogen) atoms. The number of rotatable bonds is 4. The Hall–Kier alpha value is -1.55. The van der Waals surface area contributed by atoms with E-state index in [0.717, 1.165) is 5.75 Å². The molecule has 1 aliphatic rings. The highest BCUT2D eigenvalue weighted by molar-refractivity contribution is 5.75. The van der Waals surface area contributed by atoms with Crippen molar-refractivity contribution in [1.29, 1.82) is 0 Å². The lowest BCUT2D eigenvalue weighted by molar-refractivity contribution is -0.139. The van der Waals surface area contributed by atoms with E-state index in [1.807, 2.05) is 43.0 Å². The molecular formula is C15H21NO3. The van der Waals surface area contributed by atoms with Crippen LogP contribution in [-0.2, 0) is 9.53 Å². The Morgan fingerprint density at radius 3 is 2.84 bits per heavy atom. The molecule has 1 fully saturated rings. The van der Waals surface area contributed by atoms with Crippen LogP contribution in [0.3, 0.4) is 0 Å². The molecule has 4 nitrogen and oxygen atoms in total. The van der Waals surface area contributed by atoms with E-state index in [0.29, 0.717) is 32.7 Å². The zero-order chi connectivity index (χ0) is 13.7. The van der Waals surface area contributed by atoms with Gasteiger partial charge in [-0.25, -0.2) is 0 Å². The molecule has 104 valence electrons. The van der Waals surface area contributed by atoms with Crippen molar-refractivity contribution in [1.82, 2.24) is 4.90 Å². The first kappa shape index (κ1) is 13.9. The maximum absolute atomic E-state index is 11.7. The van der Waals surface area contributed by atoms with Crippen molar-refractivity contribution < 1.29 is 14.3 Å². The molecule has 4 heteroatoms. The summed E-state index contributed by atoms with van der Waals surface area (Å²) in [5, 5.41) is 0. The van der Waals surface area contributed by atoms with Gasteiger partial charge in [0, 0.05) is 13.0 Å². The Balaban J connectivity index is 1.82. The van der Waals surface area contributed by atoms with Crippen LogP contribution >= 0.6 is 0 Å². The zero-order valence-corrected chi connectivity index (χ0v) is 11.6. The van der Waals surface area contributed by atoms with Gasteiger partial charge in [0.2, 0.25) is 5.91 Å². The predicted octanol–water partition coefficient (Wildman–Crippen LogP) is 2.01. The van der Waals surface area contributed by atoms with Gasteiger partial charge in [-0.15, -0.1) is 0 Å². The second-order valence-corrected chi connectivity index (χ2v) is 4.81. The molecule has 0 N–H and O–H groups in total. The fourth-order valence-electron chi connectivity index (χ4n) is 2.09. The first-order chi connectivity index (χ1) is 9.19. The SMILES string of the molecule is CCC(=O)N1CCO[C@H](COc2ccc(C)cc2)C1. The maximum atomic E-state index is 11.7. The number of ether oxygens (including phenoxy) is 2. The monoisotopic (exact) mass is 263 g/mol. The average Bonchev–Trinajstić information content (AvgIpc) is 2.46. The summed E-state index contributed by atoms with van der Waals surface area (Å²) in [7, 11) is 0. The van der Waals surface area contributed by atoms with E-state index in [9.17, 15) is 4.79 Å². The molecule has 0 aromatic heterocycles. The number of carbonyl (C=O) groups excluding carboxylic acids is 1. The van der Waals surface area contributed by atoms with E-state index in [1.54, 1.807) is 0 Å². The number of hydrogen-bond acceptors (Lipinski definition) is 3. The van der Waals surface area contributed by atoms with Gasteiger partial charge in [-0.3, -0.25) is 4.79 Å². The second kappa shape index (κ2) is 6.57. The summed E-state index contributed by atoms with van der Waals surface area (Å²) in [6.07, 6.45) is 0.511. The Kier molecular flexibility index (Phi) is 4.80. The molecule has 0 spiro atoms. The minimum Gasteiger partial charge on any atom is -0.491 e. The number of nitrogens with zero attached hydrogens (tertiary/aromatic N) is 1. The molecule has 0 saturated carbocycles. The third-order valence-corrected chi connectivity index (χ3v) is 3.25. The Morgan fingerprint density at radius 2 is 2.16 bits per heavy atom. The molecule has 0 bridgehead atoms. The highest BCUT2D eigenvalue weighted by atomic mass is 16.5. The van der Waals surface area contributed by atoms with Gasteiger partial charge in [0.25, 0.3) is 0 Å². The number of morpholine rings is 1. The average molecular weight is 263 g/mol. The van der Waals surface area contributed by atoms with Gasteiger partial charge in [0.15, 0.2) is 0 Å². The van der Waals surface area contributed by atoms with Crippen LogP contribution in [-0.4, -0.2) is 43.2 Å². The quantitative estimate of drug-likeness (QED) is 0.834. The van der Waals surface area contributed by atoms with Gasteiger partial charge in [-0.05, 0) is 19.1 Å². The van der Waals surface area contributed by atoms with Crippen LogP contribution in [0.4, 0.5) is 0 Å². The van der Waals surface area contributed by atoms with Crippen LogP contribution in [0.1, 0.15) is 18.9 Å². The van der Waals surface area contributed by atoms with Crippen molar-refractivity contribution >= 4 is 5.91 Å². The number of carbonyl (C=O) groups is 1. The molecule has 1 aromatic rings. The lowest BCUT2D eigenvalue weighted by atomic mass is 10.2. The van der Waals surface area contributed by atoms with Gasteiger partial charge < -0.3 is 14.4 Å². The Bertz CT molecular complexity index is 416. The van der Waals surface area contributed by atoms with E-state index >= 15 is 0 Å². The Morgan fingerprint density at radius 1 is 1.42 bits per heavy atom. The fraction of sp³-hybridized carbons (Fsp3) is 0.533. The first-order valence-corrected chi connectivity index (χ1v) is 6.78. The molecule has 1 aromatic carbocycles. The number of amides is 1. The highest BCUT2D eigenvalue weighted by Crippen LogP contribution is 2.13. The molecule has 0 radical (unpaired) electrons. The van der Waals surface area contributed by atoms with Crippen LogP contribution in [0.2, 0.25) is 0 Å². The van der Waals surface area contributed by atoms with E-state index in [1.165, 1.54) is 5.56 Å². The standard InChI is InChI=1S/C15H21NO3/c1-3-15(17)16-8-9-18-14(10-16)11-19-13-6-4-12(2)5-7-13/h4-7,14H,3,8-11H2,1-2H3/t14-/m0/s1. The number of aryl methyl sites for hydroxylation is 1. The number of hydrogen-bond donors (Lipinski definition) is 0. The van der Waals surface area contributed by atoms with Crippen LogP contribution in [0.15, 0.2) is 24.3 Å². The van der Waals surface area contributed by atoms with Gasteiger partial charge in [0.1, 0.15) is 18.5 Å².